The molecule has 0 atom stereocenters. The summed E-state index contributed by atoms with van der Waals surface area (Å²) in [6.45, 7) is 3.90. The van der Waals surface area contributed by atoms with Gasteiger partial charge in [-0.2, -0.15) is 5.26 Å². The molecule has 9 nitrogen and oxygen atoms in total. The number of nitrogens with one attached hydrogen (secondary N) is 1. The zero-order chi connectivity index (χ0) is 26.0. The number of ether oxygens (including phenoxy) is 1. The van der Waals surface area contributed by atoms with Crippen LogP contribution >= 0.6 is 0 Å². The van der Waals surface area contributed by atoms with E-state index >= 15 is 0 Å². The Kier molecular flexibility index (Phi) is 6.61. The summed E-state index contributed by atoms with van der Waals surface area (Å²) in [6, 6.07) is 11.1. The first kappa shape index (κ1) is 24.3. The van der Waals surface area contributed by atoms with Gasteiger partial charge in [0.05, 0.1) is 12.3 Å². The van der Waals surface area contributed by atoms with E-state index < -0.39 is 0 Å². The van der Waals surface area contributed by atoms with E-state index in [9.17, 15) is 9.59 Å². The van der Waals surface area contributed by atoms with Crippen LogP contribution in [-0.2, 0) is 14.1 Å². The van der Waals surface area contributed by atoms with Gasteiger partial charge in [0.25, 0.3) is 11.1 Å². The average Bonchev–Trinajstić information content (AvgIpc) is 3.29. The van der Waals surface area contributed by atoms with Crippen LogP contribution in [0.3, 0.4) is 0 Å². The van der Waals surface area contributed by atoms with Crippen molar-refractivity contribution in [1.82, 2.24) is 14.1 Å². The molecule has 4 aromatic rings. The number of nitrogens with two attached hydrogens (primary N) is 1. The molecule has 182 valence electrons. The Balaban J connectivity index is 1.97. The fraction of sp³-hybridized carbons (Fsp3) is 0.185. The van der Waals surface area contributed by atoms with Crippen LogP contribution in [0.4, 0.5) is 0 Å². The van der Waals surface area contributed by atoms with Crippen molar-refractivity contribution in [3.63, 3.8) is 0 Å². The molecule has 0 aliphatic heterocycles. The summed E-state index contributed by atoms with van der Waals surface area (Å²) in [5.41, 5.74) is 9.85. The highest BCUT2D eigenvalue weighted by Crippen LogP contribution is 2.38. The lowest BCUT2D eigenvalue weighted by Gasteiger charge is -2.17. The molecule has 4 rings (SSSR count). The number of nitriles is 1. The first-order valence-electron chi connectivity index (χ1n) is 11.2. The molecule has 0 saturated carbocycles. The maximum absolute atomic E-state index is 13.0. The van der Waals surface area contributed by atoms with Crippen molar-refractivity contribution < 1.29 is 4.74 Å². The van der Waals surface area contributed by atoms with Gasteiger partial charge in [0, 0.05) is 66.6 Å². The molecule has 9 heteroatoms. The van der Waals surface area contributed by atoms with Gasteiger partial charge in [-0.3, -0.25) is 14.6 Å². The van der Waals surface area contributed by atoms with Crippen LogP contribution in [0, 0.1) is 25.2 Å². The number of hydrogen-bond donors (Lipinski definition) is 2. The number of para-hydroxylation sites is 1. The second-order valence-electron chi connectivity index (χ2n) is 8.50. The number of aromatic nitrogens is 3. The number of nitrogens with zero attached hydrogens (tertiary/aromatic N) is 4. The number of allylic oxidation sites excluding steroid dienone is 1. The number of hydrogen-bond acceptors (Lipinski definition) is 6. The van der Waals surface area contributed by atoms with Crippen molar-refractivity contribution >= 4 is 22.7 Å². The highest BCUT2D eigenvalue weighted by atomic mass is 16.5. The molecule has 0 saturated heterocycles. The number of fused-ring (bicyclic) bond motifs is 1. The summed E-state index contributed by atoms with van der Waals surface area (Å²) < 4.78 is 9.29. The van der Waals surface area contributed by atoms with Crippen LogP contribution in [0.15, 0.2) is 63.5 Å². The van der Waals surface area contributed by atoms with Gasteiger partial charge in [-0.1, -0.05) is 18.2 Å². The van der Waals surface area contributed by atoms with Crippen LogP contribution in [0.25, 0.3) is 27.6 Å². The largest absolute Gasteiger partial charge is 0.455 e. The van der Waals surface area contributed by atoms with E-state index in [4.69, 9.17) is 15.7 Å². The molecule has 0 spiro atoms. The van der Waals surface area contributed by atoms with Crippen molar-refractivity contribution in [3.8, 4) is 28.7 Å². The van der Waals surface area contributed by atoms with E-state index in [1.807, 2.05) is 38.1 Å². The smallest absolute Gasteiger partial charge is 0.274 e. The summed E-state index contributed by atoms with van der Waals surface area (Å²) in [4.78, 5) is 32.8. The Morgan fingerprint density at radius 1 is 1.14 bits per heavy atom. The first-order chi connectivity index (χ1) is 17.2. The van der Waals surface area contributed by atoms with Gasteiger partial charge in [0.1, 0.15) is 17.8 Å². The Bertz CT molecular complexity index is 1680. The van der Waals surface area contributed by atoms with Crippen LogP contribution in [-0.4, -0.2) is 26.9 Å². The molecule has 0 unspecified atom stereocenters. The van der Waals surface area contributed by atoms with Gasteiger partial charge in [0.2, 0.25) is 0 Å². The van der Waals surface area contributed by atoms with Gasteiger partial charge in [-0.05, 0) is 31.0 Å². The SMILES string of the molecule is Cc1cccc(C)c1Oc1cn(C)c(=O)cc1-c1cn(C)c(=O)c2[nH]c(/C(C=NCC#N)=C/N)cc12. The van der Waals surface area contributed by atoms with E-state index in [-0.39, 0.29) is 17.7 Å². The highest BCUT2D eigenvalue weighted by molar-refractivity contribution is 6.11. The van der Waals surface area contributed by atoms with Crippen molar-refractivity contribution in [2.24, 2.45) is 24.8 Å². The maximum Gasteiger partial charge on any atom is 0.274 e. The van der Waals surface area contributed by atoms with Gasteiger partial charge in [-0.15, -0.1) is 0 Å². The highest BCUT2D eigenvalue weighted by Gasteiger charge is 2.19. The lowest BCUT2D eigenvalue weighted by molar-refractivity contribution is 0.470. The lowest BCUT2D eigenvalue weighted by Crippen LogP contribution is -2.18. The number of pyridine rings is 2. The summed E-state index contributed by atoms with van der Waals surface area (Å²) in [6.07, 6.45) is 6.16. The summed E-state index contributed by atoms with van der Waals surface area (Å²) in [5.74, 6) is 1.18. The normalized spacial score (nSPS) is 11.8. The molecular formula is C27H26N6O3. The number of aliphatic imine (C=N–C) groups is 1. The zero-order valence-electron chi connectivity index (χ0n) is 20.5. The number of H-pyrrole nitrogens is 1. The Morgan fingerprint density at radius 3 is 2.53 bits per heavy atom. The molecule has 0 radical (unpaired) electrons. The predicted octanol–water partition coefficient (Wildman–Crippen LogP) is 3.54. The third kappa shape index (κ3) is 4.44. The molecule has 3 heterocycles. The molecule has 0 aliphatic carbocycles. The second kappa shape index (κ2) is 9.80. The Hall–Kier alpha value is -4.84. The quantitative estimate of drug-likeness (QED) is 0.321. The zero-order valence-corrected chi connectivity index (χ0v) is 20.5. The number of aromatic amines is 1. The lowest BCUT2D eigenvalue weighted by atomic mass is 10.0. The van der Waals surface area contributed by atoms with Crippen LogP contribution in [0.1, 0.15) is 16.8 Å². The minimum atomic E-state index is -0.244. The van der Waals surface area contributed by atoms with E-state index in [1.54, 1.807) is 32.6 Å². The van der Waals surface area contributed by atoms with Crippen LogP contribution < -0.4 is 21.6 Å². The van der Waals surface area contributed by atoms with Crippen molar-refractivity contribution in [2.75, 3.05) is 6.54 Å². The van der Waals surface area contributed by atoms with Gasteiger partial charge in [-0.25, -0.2) is 0 Å². The molecule has 3 N–H and O–H groups in total. The number of rotatable bonds is 6. The monoisotopic (exact) mass is 482 g/mol. The van der Waals surface area contributed by atoms with Crippen LogP contribution in [0.5, 0.6) is 11.5 Å². The van der Waals surface area contributed by atoms with E-state index in [0.29, 0.717) is 44.8 Å². The van der Waals surface area contributed by atoms with E-state index in [2.05, 4.69) is 9.98 Å². The molecule has 1 aromatic carbocycles. The minimum absolute atomic E-state index is 0.0170. The standard InChI is InChI=1S/C27H26N6O3/c1-16-6-5-7-17(2)26(16)36-23-15-32(3)24(34)11-19(23)21-14-33(4)27(35)25-20(21)10-22(31-25)18(12-29)13-30-9-8-28/h5-7,10-15,31H,9,29H2,1-4H3/b18-12+,30-13?. The molecular weight excluding hydrogens is 456 g/mol. The Labute approximate surface area is 207 Å². The Morgan fingerprint density at radius 2 is 1.86 bits per heavy atom. The number of aryl methyl sites for hydroxylation is 4. The number of benzene rings is 1. The van der Waals surface area contributed by atoms with Gasteiger partial charge < -0.3 is 24.6 Å². The van der Waals surface area contributed by atoms with Crippen molar-refractivity contribution in [2.45, 2.75) is 13.8 Å². The molecule has 36 heavy (non-hydrogen) atoms. The predicted molar refractivity (Wildman–Crippen MR) is 141 cm³/mol. The molecule has 0 fully saturated rings. The topological polar surface area (TPSA) is 131 Å². The molecule has 3 aromatic heterocycles. The van der Waals surface area contributed by atoms with Crippen molar-refractivity contribution in [3.05, 3.63) is 86.5 Å². The third-order valence-electron chi connectivity index (χ3n) is 5.95. The summed E-state index contributed by atoms with van der Waals surface area (Å²) in [7, 11) is 3.31. The minimum Gasteiger partial charge on any atom is -0.455 e. The van der Waals surface area contributed by atoms with Crippen LogP contribution in [0.2, 0.25) is 0 Å². The third-order valence-corrected chi connectivity index (χ3v) is 5.95. The molecule has 0 amide bonds. The molecule has 0 aliphatic rings. The first-order valence-corrected chi connectivity index (χ1v) is 11.2. The summed E-state index contributed by atoms with van der Waals surface area (Å²) >= 11 is 0. The summed E-state index contributed by atoms with van der Waals surface area (Å²) in [5, 5.41) is 9.37. The van der Waals surface area contributed by atoms with Crippen molar-refractivity contribution in [1.29, 1.82) is 5.26 Å². The van der Waals surface area contributed by atoms with E-state index in [0.717, 1.165) is 11.1 Å². The maximum atomic E-state index is 13.0. The fourth-order valence-corrected chi connectivity index (χ4v) is 4.06. The van der Waals surface area contributed by atoms with E-state index in [1.165, 1.54) is 27.6 Å². The van der Waals surface area contributed by atoms with Gasteiger partial charge in [0.15, 0.2) is 5.75 Å². The molecule has 0 bridgehead atoms. The fourth-order valence-electron chi connectivity index (χ4n) is 4.06. The van der Waals surface area contributed by atoms with Gasteiger partial charge >= 0.3 is 0 Å². The second-order valence-corrected chi connectivity index (χ2v) is 8.50. The average molecular weight is 483 g/mol.